The molecule has 0 radical (unpaired) electrons. The fourth-order valence-electron chi connectivity index (χ4n) is 5.39. The van der Waals surface area contributed by atoms with Crippen molar-refractivity contribution in [3.63, 3.8) is 0 Å². The van der Waals surface area contributed by atoms with Gasteiger partial charge in [-0.1, -0.05) is 0 Å². The number of carboxylic acids is 1. The first kappa shape index (κ1) is 38.9. The Labute approximate surface area is 317 Å². The number of nitrogens with one attached hydrogen (secondary N) is 1. The Balaban J connectivity index is 1.35. The molecular formula is C33H25N7O13S3. The summed E-state index contributed by atoms with van der Waals surface area (Å²) in [7, 11) is -9.61. The molecule has 1 unspecified atom stereocenters. The van der Waals surface area contributed by atoms with Crippen LogP contribution >= 0.6 is 0 Å². The van der Waals surface area contributed by atoms with Crippen LogP contribution < -0.4 is 21.0 Å². The highest BCUT2D eigenvalue weighted by molar-refractivity contribution is 7.86. The number of nitrogens with zero attached hydrogens (tertiary/aromatic N) is 4. The van der Waals surface area contributed by atoms with Gasteiger partial charge in [-0.25, -0.2) is 4.79 Å². The third-order valence-electron chi connectivity index (χ3n) is 7.88. The maximum Gasteiger partial charge on any atom is 0.357 e. The van der Waals surface area contributed by atoms with Gasteiger partial charge in [0, 0.05) is 27.8 Å². The molecule has 11 N–H and O–H groups in total. The maximum absolute atomic E-state index is 12.2. The molecule has 0 saturated heterocycles. The van der Waals surface area contributed by atoms with Crippen LogP contribution in [0, 0.1) is 0 Å². The Hall–Kier alpha value is -6.76. The molecule has 20 nitrogen and oxygen atoms in total. The zero-order valence-corrected chi connectivity index (χ0v) is 30.2. The van der Waals surface area contributed by atoms with E-state index in [4.69, 9.17) is 15.7 Å². The van der Waals surface area contributed by atoms with E-state index in [-0.39, 0.29) is 50.0 Å². The zero-order valence-electron chi connectivity index (χ0n) is 27.8. The lowest BCUT2D eigenvalue weighted by Gasteiger charge is -2.13. The molecule has 0 bridgehead atoms. The summed E-state index contributed by atoms with van der Waals surface area (Å²) in [6.07, 6.45) is 0. The van der Waals surface area contributed by atoms with E-state index in [0.717, 1.165) is 24.3 Å². The molecule has 0 aromatic heterocycles. The predicted molar refractivity (Wildman–Crippen MR) is 203 cm³/mol. The predicted octanol–water partition coefficient (Wildman–Crippen LogP) is 6.85. The van der Waals surface area contributed by atoms with Gasteiger partial charge in [-0.3, -0.25) is 13.7 Å². The lowest BCUT2D eigenvalue weighted by atomic mass is 10.1. The summed E-state index contributed by atoms with van der Waals surface area (Å²) in [5, 5.41) is 50.9. The molecule has 0 amide bonds. The van der Waals surface area contributed by atoms with Gasteiger partial charge in [0.2, 0.25) is 0 Å². The average Bonchev–Trinajstić information content (AvgIpc) is 3.10. The number of carbonyl (C=O) groups is 1. The fraction of sp³-hybridized carbons (Fsp3) is 0. The van der Waals surface area contributed by atoms with Gasteiger partial charge < -0.3 is 36.3 Å². The van der Waals surface area contributed by atoms with Crippen LogP contribution in [0.3, 0.4) is 0 Å². The highest BCUT2D eigenvalue weighted by Gasteiger charge is 2.23. The van der Waals surface area contributed by atoms with Crippen LogP contribution in [0.5, 0.6) is 17.2 Å². The Morgan fingerprint density at radius 1 is 0.696 bits per heavy atom. The number of carboxylic acid groups (broad SMARTS) is 1. The molecule has 0 spiro atoms. The number of aromatic hydroxyl groups is 2. The first-order valence-electron chi connectivity index (χ1n) is 15.3. The van der Waals surface area contributed by atoms with Gasteiger partial charge in [-0.05, 0) is 95.7 Å². The van der Waals surface area contributed by atoms with Crippen molar-refractivity contribution in [3.05, 3.63) is 90.5 Å². The molecule has 0 aliphatic rings. The third-order valence-corrected chi connectivity index (χ3v) is 9.98. The maximum atomic E-state index is 12.2. The van der Waals surface area contributed by atoms with Gasteiger partial charge in [-0.15, -0.1) is 15.3 Å². The minimum absolute atomic E-state index is 0.104. The van der Waals surface area contributed by atoms with Gasteiger partial charge in [0.1, 0.15) is 21.2 Å². The van der Waals surface area contributed by atoms with Gasteiger partial charge >= 0.3 is 17.3 Å². The summed E-state index contributed by atoms with van der Waals surface area (Å²) in [5.41, 5.74) is 9.83. The Morgan fingerprint density at radius 2 is 1.30 bits per heavy atom. The second kappa shape index (κ2) is 14.8. The highest BCUT2D eigenvalue weighted by atomic mass is 32.2. The number of azo groups is 2. The summed E-state index contributed by atoms with van der Waals surface area (Å²) < 4.78 is 93.1. The second-order valence-electron chi connectivity index (χ2n) is 11.6. The van der Waals surface area contributed by atoms with E-state index >= 15 is 0 Å². The zero-order chi connectivity index (χ0) is 40.7. The monoisotopic (exact) mass is 823 g/mol. The van der Waals surface area contributed by atoms with E-state index in [9.17, 15) is 54.8 Å². The van der Waals surface area contributed by atoms with Crippen molar-refractivity contribution in [3.8, 4) is 17.2 Å². The van der Waals surface area contributed by atoms with Gasteiger partial charge in [0.25, 0.3) is 20.2 Å². The SMILES string of the molecule is Nc1ccc2c(O)c(N=Nc3ccc(N=Nc4c(OS(=O)O)cc5cc(Nc6ccc(N)c(S(=O)(=O)O)c6)ccc5c4O)cc3C(=O)O)c(S(=O)(=O)O)cc2c1. The number of aromatic carboxylic acids is 1. The molecule has 0 fully saturated rings. The smallest absolute Gasteiger partial charge is 0.357 e. The number of nitrogens with two attached hydrogens (primary N) is 2. The van der Waals surface area contributed by atoms with Crippen molar-refractivity contribution in [1.29, 1.82) is 0 Å². The minimum atomic E-state index is -4.98. The van der Waals surface area contributed by atoms with Crippen LogP contribution in [0.1, 0.15) is 10.4 Å². The summed E-state index contributed by atoms with van der Waals surface area (Å²) in [6.45, 7) is 0. The molecular weight excluding hydrogens is 799 g/mol. The average molecular weight is 824 g/mol. The second-order valence-corrected chi connectivity index (χ2v) is 15.0. The quantitative estimate of drug-likeness (QED) is 0.0279. The Kier molecular flexibility index (Phi) is 10.3. The molecule has 23 heteroatoms. The number of phenolic OH excluding ortho intramolecular Hbond substituents is 2. The molecule has 0 saturated carbocycles. The standard InChI is InChI=1S/C33H25N7O13S3/c34-17-1-5-21-15(9-17)12-28(56(50,51)52)30(32(21)42)40-38-25-8-4-20(13-23(25)33(43)44)37-39-29-26(53-54(45)46)11-16-10-18(2-6-22(16)31(29)41)36-19-3-7-24(35)27(14-19)55(47,48)49/h1-14,36,41-42H,34-35H2,(H,43,44)(H,45,46)(H,47,48,49)(H,50,51,52). The normalized spacial score (nSPS) is 12.8. The highest BCUT2D eigenvalue weighted by Crippen LogP contribution is 2.46. The molecule has 6 aromatic carbocycles. The van der Waals surface area contributed by atoms with E-state index < -0.39 is 81.5 Å². The van der Waals surface area contributed by atoms with Crippen molar-refractivity contribution in [2.24, 2.45) is 20.5 Å². The molecule has 288 valence electrons. The summed E-state index contributed by atoms with van der Waals surface area (Å²) in [4.78, 5) is 10.8. The van der Waals surface area contributed by atoms with Gasteiger partial charge in [-0.2, -0.15) is 26.2 Å². The Morgan fingerprint density at radius 3 is 1.96 bits per heavy atom. The summed E-state index contributed by atoms with van der Waals surface area (Å²) >= 11 is -2.92. The number of benzene rings is 6. The van der Waals surface area contributed by atoms with Crippen LogP contribution in [-0.2, 0) is 31.6 Å². The first-order valence-corrected chi connectivity index (χ1v) is 19.2. The van der Waals surface area contributed by atoms with E-state index in [0.29, 0.717) is 5.69 Å². The number of hydrogen-bond acceptors (Lipinski definition) is 16. The van der Waals surface area contributed by atoms with E-state index in [2.05, 4.69) is 25.8 Å². The Bertz CT molecular complexity index is 2940. The number of fused-ring (bicyclic) bond motifs is 2. The molecule has 56 heavy (non-hydrogen) atoms. The van der Waals surface area contributed by atoms with E-state index in [1.165, 1.54) is 60.7 Å². The number of anilines is 4. The fourth-order valence-corrected chi connectivity index (χ4v) is 6.97. The summed E-state index contributed by atoms with van der Waals surface area (Å²) in [5.74, 6) is -3.25. The van der Waals surface area contributed by atoms with Crippen LogP contribution in [0.2, 0.25) is 0 Å². The van der Waals surface area contributed by atoms with E-state index in [1.807, 2.05) is 0 Å². The number of phenols is 2. The van der Waals surface area contributed by atoms with Gasteiger partial charge in [0.15, 0.2) is 22.9 Å². The molecule has 6 rings (SSSR count). The van der Waals surface area contributed by atoms with Crippen molar-refractivity contribution in [1.82, 2.24) is 0 Å². The van der Waals surface area contributed by atoms with Crippen LogP contribution in [0.25, 0.3) is 21.5 Å². The number of nitrogen functional groups attached to an aromatic ring is 2. The lowest BCUT2D eigenvalue weighted by Crippen LogP contribution is -2.04. The van der Waals surface area contributed by atoms with Crippen LogP contribution in [0.4, 0.5) is 45.5 Å². The van der Waals surface area contributed by atoms with Crippen molar-refractivity contribution in [2.75, 3.05) is 16.8 Å². The van der Waals surface area contributed by atoms with Crippen molar-refractivity contribution < 1.29 is 59.0 Å². The largest absolute Gasteiger partial charge is 0.505 e. The first-order chi connectivity index (χ1) is 26.3. The van der Waals surface area contributed by atoms with Crippen molar-refractivity contribution >= 4 is 105 Å². The van der Waals surface area contributed by atoms with E-state index in [1.54, 1.807) is 0 Å². The minimum Gasteiger partial charge on any atom is -0.505 e. The molecule has 1 atom stereocenters. The molecule has 0 heterocycles. The van der Waals surface area contributed by atoms with Crippen LogP contribution in [0.15, 0.2) is 115 Å². The van der Waals surface area contributed by atoms with Gasteiger partial charge in [0.05, 0.1) is 16.9 Å². The molecule has 0 aliphatic carbocycles. The topological polar surface area (TPSA) is 347 Å². The number of hydrogen-bond donors (Lipinski definition) is 9. The summed E-state index contributed by atoms with van der Waals surface area (Å²) in [6, 6.07) is 17.9. The van der Waals surface area contributed by atoms with Crippen molar-refractivity contribution in [2.45, 2.75) is 9.79 Å². The third kappa shape index (κ3) is 8.16. The van der Waals surface area contributed by atoms with Crippen LogP contribution in [-0.4, -0.2) is 56.0 Å². The molecule has 6 aromatic rings. The number of rotatable bonds is 11. The molecule has 0 aliphatic heterocycles. The lowest BCUT2D eigenvalue weighted by molar-refractivity contribution is 0.0697.